The summed E-state index contributed by atoms with van der Waals surface area (Å²) >= 11 is 0. The van der Waals surface area contributed by atoms with E-state index in [1.54, 1.807) is 0 Å². The van der Waals surface area contributed by atoms with Crippen LogP contribution in [0.1, 0.15) is 51.0 Å². The van der Waals surface area contributed by atoms with Crippen molar-refractivity contribution in [3.05, 3.63) is 23.9 Å². The van der Waals surface area contributed by atoms with E-state index in [0.717, 1.165) is 44.3 Å². The highest BCUT2D eigenvalue weighted by atomic mass is 15.2. The topological polar surface area (TPSA) is 52.6 Å². The van der Waals surface area contributed by atoms with Crippen LogP contribution in [0.3, 0.4) is 0 Å². The van der Waals surface area contributed by atoms with Crippen molar-refractivity contribution in [3.8, 4) is 0 Å². The van der Waals surface area contributed by atoms with Crippen molar-refractivity contribution < 1.29 is 0 Å². The van der Waals surface area contributed by atoms with Gasteiger partial charge in [0.1, 0.15) is 5.82 Å². The molecule has 0 bridgehead atoms. The molecule has 138 valence electrons. The minimum absolute atomic E-state index is 0.443. The molecule has 2 heterocycles. The highest BCUT2D eigenvalue weighted by molar-refractivity contribution is 5.80. The van der Waals surface area contributed by atoms with Crippen molar-refractivity contribution >= 4 is 11.8 Å². The SMILES string of the molecule is CN=C(NCC1(C)CCCC1)NC1CCN(c2ccc(C)cn2)CC1. The lowest BCUT2D eigenvalue weighted by Gasteiger charge is -2.34. The largest absolute Gasteiger partial charge is 0.356 e. The highest BCUT2D eigenvalue weighted by Crippen LogP contribution is 2.36. The van der Waals surface area contributed by atoms with Crippen LogP contribution in [0.4, 0.5) is 5.82 Å². The Morgan fingerprint density at radius 1 is 1.28 bits per heavy atom. The van der Waals surface area contributed by atoms with Gasteiger partial charge in [-0.1, -0.05) is 25.8 Å². The Hall–Kier alpha value is -1.78. The average Bonchev–Trinajstić information content (AvgIpc) is 3.07. The number of hydrogen-bond donors (Lipinski definition) is 2. The van der Waals surface area contributed by atoms with Crippen molar-refractivity contribution in [1.29, 1.82) is 0 Å². The Kier molecular flexibility index (Phi) is 5.82. The third kappa shape index (κ3) is 4.86. The van der Waals surface area contributed by atoms with Crippen molar-refractivity contribution in [2.75, 3.05) is 31.6 Å². The van der Waals surface area contributed by atoms with Crippen LogP contribution in [0.25, 0.3) is 0 Å². The summed E-state index contributed by atoms with van der Waals surface area (Å²) in [4.78, 5) is 11.4. The number of aliphatic imine (C=N–C) groups is 1. The summed E-state index contributed by atoms with van der Waals surface area (Å²) in [6.45, 7) is 7.59. The minimum Gasteiger partial charge on any atom is -0.356 e. The molecule has 0 amide bonds. The van der Waals surface area contributed by atoms with Crippen LogP contribution in [-0.4, -0.2) is 43.7 Å². The molecule has 1 aliphatic heterocycles. The molecule has 1 saturated carbocycles. The summed E-state index contributed by atoms with van der Waals surface area (Å²) in [6.07, 6.45) is 9.60. The molecule has 0 unspecified atom stereocenters. The molecule has 2 aliphatic rings. The molecule has 5 nitrogen and oxygen atoms in total. The fourth-order valence-electron chi connectivity index (χ4n) is 3.99. The van der Waals surface area contributed by atoms with Crippen molar-refractivity contribution in [2.45, 2.75) is 58.4 Å². The van der Waals surface area contributed by atoms with Crippen LogP contribution < -0.4 is 15.5 Å². The highest BCUT2D eigenvalue weighted by Gasteiger charge is 2.29. The van der Waals surface area contributed by atoms with E-state index >= 15 is 0 Å². The third-order valence-corrected chi connectivity index (χ3v) is 5.77. The van der Waals surface area contributed by atoms with E-state index in [1.165, 1.54) is 31.2 Å². The van der Waals surface area contributed by atoms with Crippen LogP contribution in [-0.2, 0) is 0 Å². The Labute approximate surface area is 152 Å². The van der Waals surface area contributed by atoms with E-state index in [0.29, 0.717) is 11.5 Å². The molecule has 2 N–H and O–H groups in total. The number of nitrogens with zero attached hydrogens (tertiary/aromatic N) is 3. The molecule has 25 heavy (non-hydrogen) atoms. The predicted octanol–water partition coefficient (Wildman–Crippen LogP) is 3.10. The van der Waals surface area contributed by atoms with Crippen LogP contribution in [0, 0.1) is 12.3 Å². The number of aromatic nitrogens is 1. The fraction of sp³-hybridized carbons (Fsp3) is 0.700. The number of pyridine rings is 1. The summed E-state index contributed by atoms with van der Waals surface area (Å²) in [6, 6.07) is 4.76. The van der Waals surface area contributed by atoms with Gasteiger partial charge in [0.2, 0.25) is 0 Å². The smallest absolute Gasteiger partial charge is 0.191 e. The lowest BCUT2D eigenvalue weighted by molar-refractivity contribution is 0.332. The second-order valence-electron chi connectivity index (χ2n) is 8.04. The zero-order chi connectivity index (χ0) is 17.7. The number of rotatable bonds is 4. The first-order chi connectivity index (χ1) is 12.1. The Balaban J connectivity index is 1.45. The number of piperidine rings is 1. The normalized spacial score (nSPS) is 21.4. The molecular weight excluding hydrogens is 310 g/mol. The molecule has 1 aromatic heterocycles. The van der Waals surface area contributed by atoms with E-state index in [9.17, 15) is 0 Å². The van der Waals surface area contributed by atoms with Gasteiger partial charge < -0.3 is 15.5 Å². The molecule has 3 rings (SSSR count). The van der Waals surface area contributed by atoms with Crippen LogP contribution in [0.2, 0.25) is 0 Å². The van der Waals surface area contributed by atoms with Crippen molar-refractivity contribution in [3.63, 3.8) is 0 Å². The summed E-state index contributed by atoms with van der Waals surface area (Å²) < 4.78 is 0. The molecule has 2 fully saturated rings. The third-order valence-electron chi connectivity index (χ3n) is 5.77. The molecule has 0 atom stereocenters. The second-order valence-corrected chi connectivity index (χ2v) is 8.04. The quantitative estimate of drug-likeness (QED) is 0.651. The van der Waals surface area contributed by atoms with Gasteiger partial charge in [-0.25, -0.2) is 4.98 Å². The Morgan fingerprint density at radius 3 is 2.60 bits per heavy atom. The lowest BCUT2D eigenvalue weighted by atomic mass is 9.89. The zero-order valence-electron chi connectivity index (χ0n) is 16.0. The van der Waals surface area contributed by atoms with Gasteiger partial charge in [-0.15, -0.1) is 0 Å². The van der Waals surface area contributed by atoms with Gasteiger partial charge >= 0.3 is 0 Å². The van der Waals surface area contributed by atoms with E-state index in [-0.39, 0.29) is 0 Å². The van der Waals surface area contributed by atoms with Gasteiger partial charge in [-0.3, -0.25) is 4.99 Å². The standard InChI is InChI=1S/C20H33N5/c1-16-6-7-18(22-14-16)25-12-8-17(9-13-25)24-19(21-3)23-15-20(2)10-4-5-11-20/h6-7,14,17H,4-5,8-13,15H2,1-3H3,(H2,21,23,24). The van der Waals surface area contributed by atoms with Crippen molar-refractivity contribution in [2.24, 2.45) is 10.4 Å². The molecule has 0 radical (unpaired) electrons. The molecule has 5 heteroatoms. The maximum absolute atomic E-state index is 4.55. The average molecular weight is 344 g/mol. The molecule has 1 aromatic rings. The first-order valence-electron chi connectivity index (χ1n) is 9.73. The molecule has 1 saturated heterocycles. The monoisotopic (exact) mass is 343 g/mol. The second kappa shape index (κ2) is 8.07. The number of guanidine groups is 1. The van der Waals surface area contributed by atoms with Gasteiger partial charge in [-0.05, 0) is 49.7 Å². The van der Waals surface area contributed by atoms with Crippen LogP contribution in [0.5, 0.6) is 0 Å². The number of anilines is 1. The van der Waals surface area contributed by atoms with E-state index in [1.807, 2.05) is 13.2 Å². The Morgan fingerprint density at radius 2 is 2.00 bits per heavy atom. The molecule has 1 aliphatic carbocycles. The first kappa shape index (κ1) is 18.0. The minimum atomic E-state index is 0.443. The van der Waals surface area contributed by atoms with E-state index < -0.39 is 0 Å². The van der Waals surface area contributed by atoms with Gasteiger partial charge in [0.25, 0.3) is 0 Å². The summed E-state index contributed by atoms with van der Waals surface area (Å²) in [5.74, 6) is 2.06. The number of nitrogens with one attached hydrogen (secondary N) is 2. The number of hydrogen-bond acceptors (Lipinski definition) is 3. The maximum Gasteiger partial charge on any atom is 0.191 e. The van der Waals surface area contributed by atoms with Gasteiger partial charge in [0, 0.05) is 38.9 Å². The summed E-state index contributed by atoms with van der Waals surface area (Å²) in [5.41, 5.74) is 1.66. The predicted molar refractivity (Wildman–Crippen MR) is 105 cm³/mol. The molecule has 0 aromatic carbocycles. The van der Waals surface area contributed by atoms with Gasteiger partial charge in [0.05, 0.1) is 0 Å². The van der Waals surface area contributed by atoms with E-state index in [4.69, 9.17) is 0 Å². The number of aryl methyl sites for hydroxylation is 1. The summed E-state index contributed by atoms with van der Waals surface area (Å²) in [5, 5.41) is 7.18. The van der Waals surface area contributed by atoms with Gasteiger partial charge in [-0.2, -0.15) is 0 Å². The lowest BCUT2D eigenvalue weighted by Crippen LogP contribution is -2.50. The maximum atomic E-state index is 4.55. The van der Waals surface area contributed by atoms with Crippen LogP contribution in [0.15, 0.2) is 23.3 Å². The van der Waals surface area contributed by atoms with Gasteiger partial charge in [0.15, 0.2) is 5.96 Å². The summed E-state index contributed by atoms with van der Waals surface area (Å²) in [7, 11) is 1.87. The van der Waals surface area contributed by atoms with Crippen molar-refractivity contribution in [1.82, 2.24) is 15.6 Å². The van der Waals surface area contributed by atoms with Crippen LogP contribution >= 0.6 is 0 Å². The zero-order valence-corrected chi connectivity index (χ0v) is 16.0. The molecule has 0 spiro atoms. The Bertz CT molecular complexity index is 566. The fourth-order valence-corrected chi connectivity index (χ4v) is 3.99. The van der Waals surface area contributed by atoms with E-state index in [2.05, 4.69) is 51.5 Å². The first-order valence-corrected chi connectivity index (χ1v) is 9.73. The molecular formula is C20H33N5.